The third kappa shape index (κ3) is 6.44. The van der Waals surface area contributed by atoms with E-state index in [4.69, 9.17) is 4.98 Å². The van der Waals surface area contributed by atoms with E-state index < -0.39 is 0 Å². The fourth-order valence-corrected chi connectivity index (χ4v) is 4.40. The molecular weight excluding hydrogens is 443 g/mol. The summed E-state index contributed by atoms with van der Waals surface area (Å²) in [5.74, 6) is 2.05. The maximum absolute atomic E-state index is 13.7. The van der Waals surface area contributed by atoms with Gasteiger partial charge in [0.2, 0.25) is 11.9 Å². The Labute approximate surface area is 206 Å². The summed E-state index contributed by atoms with van der Waals surface area (Å²) in [6.07, 6.45) is 7.47. The van der Waals surface area contributed by atoms with Crippen molar-refractivity contribution >= 4 is 11.9 Å². The SMILES string of the molecule is Cc1cc(-c2nc(CCC(C)C)c(CCCC(=O)N3CCN(c4ncccn4)CC3)[nH]2)ccc1F. The van der Waals surface area contributed by atoms with Crippen molar-refractivity contribution in [2.24, 2.45) is 5.92 Å². The monoisotopic (exact) mass is 478 g/mol. The molecule has 0 saturated carbocycles. The number of imidazole rings is 1. The number of H-pyrrole nitrogens is 1. The van der Waals surface area contributed by atoms with Gasteiger partial charge in [-0.3, -0.25) is 4.79 Å². The van der Waals surface area contributed by atoms with Gasteiger partial charge >= 0.3 is 0 Å². The molecule has 1 amide bonds. The van der Waals surface area contributed by atoms with E-state index >= 15 is 0 Å². The Morgan fingerprint density at radius 1 is 1.11 bits per heavy atom. The first-order valence-electron chi connectivity index (χ1n) is 12.5. The summed E-state index contributed by atoms with van der Waals surface area (Å²) in [5.41, 5.74) is 3.63. The summed E-state index contributed by atoms with van der Waals surface area (Å²) in [6.45, 7) is 9.05. The van der Waals surface area contributed by atoms with Crippen molar-refractivity contribution in [2.75, 3.05) is 31.1 Å². The summed E-state index contributed by atoms with van der Waals surface area (Å²) < 4.78 is 13.7. The molecule has 1 saturated heterocycles. The standard InChI is InChI=1S/C27H35FN6O/c1-19(2)8-11-24-23(31-26(32-24)21-9-10-22(28)20(3)18-21)6-4-7-25(35)33-14-16-34(17-15-33)27-29-12-5-13-30-27/h5,9-10,12-13,18-19H,4,6-8,11,14-17H2,1-3H3,(H,31,32). The Balaban J connectivity index is 1.34. The summed E-state index contributed by atoms with van der Waals surface area (Å²) in [5, 5.41) is 0. The van der Waals surface area contributed by atoms with E-state index in [0.29, 0.717) is 31.0 Å². The molecule has 35 heavy (non-hydrogen) atoms. The van der Waals surface area contributed by atoms with Gasteiger partial charge in [-0.2, -0.15) is 0 Å². The van der Waals surface area contributed by atoms with Crippen LogP contribution in [0.5, 0.6) is 0 Å². The molecule has 0 atom stereocenters. The van der Waals surface area contributed by atoms with E-state index in [1.807, 2.05) is 11.0 Å². The number of rotatable bonds is 9. The second kappa shape index (κ2) is 11.4. The van der Waals surface area contributed by atoms with Crippen LogP contribution in [-0.4, -0.2) is 56.9 Å². The highest BCUT2D eigenvalue weighted by molar-refractivity contribution is 5.76. The summed E-state index contributed by atoms with van der Waals surface area (Å²) in [4.78, 5) is 33.8. The minimum absolute atomic E-state index is 0.191. The number of halogens is 1. The maximum Gasteiger partial charge on any atom is 0.225 e. The molecule has 0 spiro atoms. The van der Waals surface area contributed by atoms with Crippen LogP contribution in [-0.2, 0) is 17.6 Å². The Kier molecular flexibility index (Phi) is 8.10. The number of anilines is 1. The third-order valence-corrected chi connectivity index (χ3v) is 6.54. The predicted octanol–water partition coefficient (Wildman–Crippen LogP) is 4.57. The van der Waals surface area contributed by atoms with Crippen LogP contribution >= 0.6 is 0 Å². The van der Waals surface area contributed by atoms with E-state index in [-0.39, 0.29) is 11.7 Å². The lowest BCUT2D eigenvalue weighted by molar-refractivity contribution is -0.131. The van der Waals surface area contributed by atoms with Crippen LogP contribution < -0.4 is 4.90 Å². The number of aromatic nitrogens is 4. The van der Waals surface area contributed by atoms with Crippen LogP contribution in [0.3, 0.4) is 0 Å². The molecule has 1 fully saturated rings. The number of aryl methyl sites for hydroxylation is 3. The van der Waals surface area contributed by atoms with Crippen LogP contribution in [0.2, 0.25) is 0 Å². The lowest BCUT2D eigenvalue weighted by Crippen LogP contribution is -2.49. The van der Waals surface area contributed by atoms with Crippen molar-refractivity contribution in [2.45, 2.75) is 52.9 Å². The first-order valence-corrected chi connectivity index (χ1v) is 12.5. The van der Waals surface area contributed by atoms with Gasteiger partial charge in [0, 0.05) is 56.3 Å². The highest BCUT2D eigenvalue weighted by Gasteiger charge is 2.22. The molecule has 1 aliphatic rings. The molecule has 4 rings (SSSR count). The minimum Gasteiger partial charge on any atom is -0.342 e. The number of nitrogens with zero attached hydrogens (tertiary/aromatic N) is 5. The number of amides is 1. The Morgan fingerprint density at radius 3 is 2.54 bits per heavy atom. The molecule has 7 nitrogen and oxygen atoms in total. The molecule has 0 radical (unpaired) electrons. The number of carbonyl (C=O) groups is 1. The summed E-state index contributed by atoms with van der Waals surface area (Å²) in [7, 11) is 0. The average Bonchev–Trinajstić information content (AvgIpc) is 3.28. The van der Waals surface area contributed by atoms with E-state index in [1.54, 1.807) is 31.5 Å². The molecule has 1 N–H and O–H groups in total. The molecule has 0 unspecified atom stereocenters. The lowest BCUT2D eigenvalue weighted by Gasteiger charge is -2.34. The zero-order valence-electron chi connectivity index (χ0n) is 20.9. The van der Waals surface area contributed by atoms with Gasteiger partial charge in [0.1, 0.15) is 11.6 Å². The molecule has 186 valence electrons. The van der Waals surface area contributed by atoms with Gasteiger partial charge in [-0.25, -0.2) is 19.3 Å². The summed E-state index contributed by atoms with van der Waals surface area (Å²) in [6, 6.07) is 6.89. The van der Waals surface area contributed by atoms with Crippen LogP contribution in [0.25, 0.3) is 11.4 Å². The number of carbonyl (C=O) groups excluding carboxylic acids is 1. The normalized spacial score (nSPS) is 14.1. The fraction of sp³-hybridized carbons (Fsp3) is 0.481. The van der Waals surface area contributed by atoms with Gasteiger partial charge in [-0.15, -0.1) is 0 Å². The zero-order chi connectivity index (χ0) is 24.8. The molecule has 1 aliphatic heterocycles. The first-order chi connectivity index (χ1) is 16.9. The Morgan fingerprint density at radius 2 is 1.86 bits per heavy atom. The van der Waals surface area contributed by atoms with Crippen molar-refractivity contribution in [1.82, 2.24) is 24.8 Å². The van der Waals surface area contributed by atoms with Crippen molar-refractivity contribution in [3.63, 3.8) is 0 Å². The van der Waals surface area contributed by atoms with Crippen molar-refractivity contribution in [3.8, 4) is 11.4 Å². The van der Waals surface area contributed by atoms with Crippen LogP contribution in [0, 0.1) is 18.7 Å². The smallest absolute Gasteiger partial charge is 0.225 e. The van der Waals surface area contributed by atoms with E-state index in [2.05, 4.69) is 33.7 Å². The van der Waals surface area contributed by atoms with Gasteiger partial charge in [-0.05, 0) is 68.4 Å². The highest BCUT2D eigenvalue weighted by atomic mass is 19.1. The van der Waals surface area contributed by atoms with Crippen molar-refractivity contribution in [1.29, 1.82) is 0 Å². The fourth-order valence-electron chi connectivity index (χ4n) is 4.40. The van der Waals surface area contributed by atoms with Gasteiger partial charge in [0.05, 0.1) is 5.69 Å². The van der Waals surface area contributed by atoms with Gasteiger partial charge in [0.15, 0.2) is 0 Å². The second-order valence-electron chi connectivity index (χ2n) is 9.68. The van der Waals surface area contributed by atoms with E-state index in [9.17, 15) is 9.18 Å². The molecule has 1 aromatic carbocycles. The largest absolute Gasteiger partial charge is 0.342 e. The van der Waals surface area contributed by atoms with Crippen molar-refractivity contribution in [3.05, 3.63) is 59.4 Å². The van der Waals surface area contributed by atoms with Gasteiger partial charge in [0.25, 0.3) is 0 Å². The number of aromatic amines is 1. The number of nitrogens with one attached hydrogen (secondary N) is 1. The molecule has 3 aromatic rings. The molecule has 0 aliphatic carbocycles. The highest BCUT2D eigenvalue weighted by Crippen LogP contribution is 2.23. The predicted molar refractivity (Wildman–Crippen MR) is 136 cm³/mol. The van der Waals surface area contributed by atoms with Gasteiger partial charge < -0.3 is 14.8 Å². The maximum atomic E-state index is 13.7. The number of benzene rings is 1. The zero-order valence-corrected chi connectivity index (χ0v) is 20.9. The van der Waals surface area contributed by atoms with Crippen LogP contribution in [0.1, 0.15) is 50.1 Å². The molecular formula is C27H35FN6O. The average molecular weight is 479 g/mol. The molecule has 2 aromatic heterocycles. The van der Waals surface area contributed by atoms with Crippen molar-refractivity contribution < 1.29 is 9.18 Å². The number of piperazine rings is 1. The molecule has 8 heteroatoms. The first kappa shape index (κ1) is 24.8. The number of hydrogen-bond acceptors (Lipinski definition) is 5. The van der Waals surface area contributed by atoms with E-state index in [1.165, 1.54) is 6.07 Å². The minimum atomic E-state index is -0.212. The Bertz CT molecular complexity index is 1120. The molecule has 3 heterocycles. The van der Waals surface area contributed by atoms with E-state index in [0.717, 1.165) is 67.5 Å². The Hall–Kier alpha value is -3.29. The summed E-state index contributed by atoms with van der Waals surface area (Å²) >= 11 is 0. The number of hydrogen-bond donors (Lipinski definition) is 1. The topological polar surface area (TPSA) is 78.0 Å². The lowest BCUT2D eigenvalue weighted by atomic mass is 10.0. The van der Waals surface area contributed by atoms with Crippen LogP contribution in [0.15, 0.2) is 36.7 Å². The second-order valence-corrected chi connectivity index (χ2v) is 9.68. The third-order valence-electron chi connectivity index (χ3n) is 6.54. The van der Waals surface area contributed by atoms with Crippen LogP contribution in [0.4, 0.5) is 10.3 Å². The van der Waals surface area contributed by atoms with Gasteiger partial charge in [-0.1, -0.05) is 13.8 Å². The molecule has 0 bridgehead atoms. The quantitative estimate of drug-likeness (QED) is 0.487.